The molecule has 20 heavy (non-hydrogen) atoms. The van der Waals surface area contributed by atoms with Gasteiger partial charge in [0.05, 0.1) is 6.61 Å². The topological polar surface area (TPSA) is 44.8 Å². The number of amides is 1. The summed E-state index contributed by atoms with van der Waals surface area (Å²) in [5.74, 6) is 0. The highest BCUT2D eigenvalue weighted by atomic mass is 16.6. The highest BCUT2D eigenvalue weighted by Crippen LogP contribution is 2.16. The van der Waals surface area contributed by atoms with Crippen LogP contribution in [0.5, 0.6) is 0 Å². The first-order valence-corrected chi connectivity index (χ1v) is 8.13. The van der Waals surface area contributed by atoms with Crippen LogP contribution in [0.3, 0.4) is 0 Å². The van der Waals surface area contributed by atoms with E-state index in [-0.39, 0.29) is 6.09 Å². The van der Waals surface area contributed by atoms with Gasteiger partial charge in [-0.2, -0.15) is 0 Å². The molecule has 0 unspecified atom stereocenters. The molecule has 2 saturated heterocycles. The van der Waals surface area contributed by atoms with Gasteiger partial charge >= 0.3 is 6.09 Å². The maximum atomic E-state index is 11.6. The van der Waals surface area contributed by atoms with Crippen molar-refractivity contribution in [3.05, 3.63) is 0 Å². The van der Waals surface area contributed by atoms with E-state index in [0.717, 1.165) is 25.9 Å². The third kappa shape index (κ3) is 4.35. The third-order valence-electron chi connectivity index (χ3n) is 4.53. The van der Waals surface area contributed by atoms with Gasteiger partial charge in [-0.05, 0) is 52.2 Å². The summed E-state index contributed by atoms with van der Waals surface area (Å²) in [5.41, 5.74) is 0. The second-order valence-corrected chi connectivity index (χ2v) is 5.84. The van der Waals surface area contributed by atoms with Gasteiger partial charge in [-0.15, -0.1) is 0 Å². The molecule has 2 aliphatic rings. The van der Waals surface area contributed by atoms with E-state index in [2.05, 4.69) is 17.1 Å². The Morgan fingerprint density at radius 2 is 1.60 bits per heavy atom. The lowest BCUT2D eigenvalue weighted by atomic mass is 10.00. The lowest BCUT2D eigenvalue weighted by Crippen LogP contribution is -2.50. The van der Waals surface area contributed by atoms with E-state index in [1.54, 1.807) is 0 Å². The second kappa shape index (κ2) is 7.84. The first-order chi connectivity index (χ1) is 9.72. The normalized spacial score (nSPS) is 23.0. The van der Waals surface area contributed by atoms with E-state index >= 15 is 0 Å². The molecular formula is C15H29N3O2. The lowest BCUT2D eigenvalue weighted by molar-refractivity contribution is 0.0926. The summed E-state index contributed by atoms with van der Waals surface area (Å²) >= 11 is 0. The molecule has 0 aromatic carbocycles. The van der Waals surface area contributed by atoms with Crippen molar-refractivity contribution in [2.24, 2.45) is 0 Å². The number of ether oxygens (including phenoxy) is 1. The molecule has 2 rings (SSSR count). The maximum Gasteiger partial charge on any atom is 0.409 e. The molecule has 0 atom stereocenters. The Morgan fingerprint density at radius 1 is 1.05 bits per heavy atom. The maximum absolute atomic E-state index is 11.6. The monoisotopic (exact) mass is 283 g/mol. The Labute approximate surface area is 122 Å². The van der Waals surface area contributed by atoms with E-state index in [9.17, 15) is 4.79 Å². The molecular weight excluding hydrogens is 254 g/mol. The van der Waals surface area contributed by atoms with E-state index in [4.69, 9.17) is 4.74 Å². The molecule has 1 N–H and O–H groups in total. The van der Waals surface area contributed by atoms with Crippen LogP contribution >= 0.6 is 0 Å². The summed E-state index contributed by atoms with van der Waals surface area (Å²) in [6.07, 6.45) is 4.46. The highest BCUT2D eigenvalue weighted by molar-refractivity contribution is 5.67. The zero-order valence-corrected chi connectivity index (χ0v) is 12.9. The SMILES string of the molecule is CCOC(=O)N1CCC(NC2CCN(CC)CC2)CC1. The van der Waals surface area contributed by atoms with Crippen molar-refractivity contribution in [1.29, 1.82) is 0 Å². The smallest absolute Gasteiger partial charge is 0.409 e. The van der Waals surface area contributed by atoms with Crippen LogP contribution in [-0.2, 0) is 4.74 Å². The van der Waals surface area contributed by atoms with Crippen molar-refractivity contribution < 1.29 is 9.53 Å². The molecule has 5 heteroatoms. The summed E-state index contributed by atoms with van der Waals surface area (Å²) in [6.45, 7) is 9.81. The lowest BCUT2D eigenvalue weighted by Gasteiger charge is -2.37. The molecule has 2 heterocycles. The number of hydrogen-bond donors (Lipinski definition) is 1. The standard InChI is InChI=1S/C15H29N3O2/c1-3-17-9-5-13(6-10-17)16-14-7-11-18(12-8-14)15(19)20-4-2/h13-14,16H,3-12H2,1-2H3. The Kier molecular flexibility index (Phi) is 6.10. The van der Waals surface area contributed by atoms with Crippen LogP contribution in [0.2, 0.25) is 0 Å². The average molecular weight is 283 g/mol. The molecule has 0 aromatic rings. The molecule has 0 radical (unpaired) electrons. The Hall–Kier alpha value is -0.810. The van der Waals surface area contributed by atoms with Crippen molar-refractivity contribution in [2.75, 3.05) is 39.3 Å². The van der Waals surface area contributed by atoms with Crippen LogP contribution in [0, 0.1) is 0 Å². The van der Waals surface area contributed by atoms with E-state index < -0.39 is 0 Å². The van der Waals surface area contributed by atoms with Gasteiger partial charge in [0.15, 0.2) is 0 Å². The molecule has 0 aromatic heterocycles. The molecule has 0 spiro atoms. The van der Waals surface area contributed by atoms with Crippen molar-refractivity contribution >= 4 is 6.09 Å². The number of nitrogens with one attached hydrogen (secondary N) is 1. The molecule has 116 valence electrons. The van der Waals surface area contributed by atoms with Crippen LogP contribution in [0.4, 0.5) is 4.79 Å². The van der Waals surface area contributed by atoms with Gasteiger partial charge in [0.1, 0.15) is 0 Å². The molecule has 0 aliphatic carbocycles. The van der Waals surface area contributed by atoms with E-state index in [1.165, 1.54) is 32.5 Å². The van der Waals surface area contributed by atoms with Crippen LogP contribution in [0.1, 0.15) is 39.5 Å². The fourth-order valence-corrected chi connectivity index (χ4v) is 3.19. The van der Waals surface area contributed by atoms with Crippen molar-refractivity contribution in [2.45, 2.75) is 51.6 Å². The Bertz CT molecular complexity index is 295. The Balaban J connectivity index is 1.66. The molecule has 5 nitrogen and oxygen atoms in total. The van der Waals surface area contributed by atoms with Crippen LogP contribution < -0.4 is 5.32 Å². The van der Waals surface area contributed by atoms with Crippen molar-refractivity contribution in [3.8, 4) is 0 Å². The number of nitrogens with zero attached hydrogens (tertiary/aromatic N) is 2. The number of likely N-dealkylation sites (tertiary alicyclic amines) is 2. The van der Waals surface area contributed by atoms with Gasteiger partial charge in [0, 0.05) is 25.2 Å². The quantitative estimate of drug-likeness (QED) is 0.852. The number of rotatable bonds is 4. The van der Waals surface area contributed by atoms with E-state index in [1.807, 2.05) is 11.8 Å². The molecule has 1 amide bonds. The van der Waals surface area contributed by atoms with Crippen LogP contribution in [0.25, 0.3) is 0 Å². The second-order valence-electron chi connectivity index (χ2n) is 5.84. The summed E-state index contributed by atoms with van der Waals surface area (Å²) in [4.78, 5) is 16.0. The van der Waals surface area contributed by atoms with Gasteiger partial charge in [-0.3, -0.25) is 0 Å². The van der Waals surface area contributed by atoms with Crippen molar-refractivity contribution in [3.63, 3.8) is 0 Å². The summed E-state index contributed by atoms with van der Waals surface area (Å²) < 4.78 is 5.05. The van der Waals surface area contributed by atoms with Crippen LogP contribution in [0.15, 0.2) is 0 Å². The first-order valence-electron chi connectivity index (χ1n) is 8.13. The zero-order chi connectivity index (χ0) is 14.4. The minimum absolute atomic E-state index is 0.151. The summed E-state index contributed by atoms with van der Waals surface area (Å²) in [5, 5.41) is 3.79. The molecule has 2 aliphatic heterocycles. The average Bonchev–Trinajstić information content (AvgIpc) is 2.49. The summed E-state index contributed by atoms with van der Waals surface area (Å²) in [7, 11) is 0. The van der Waals surface area contributed by atoms with Gasteiger partial charge in [-0.1, -0.05) is 6.92 Å². The predicted octanol–water partition coefficient (Wildman–Crippen LogP) is 1.68. The Morgan fingerprint density at radius 3 is 2.10 bits per heavy atom. The predicted molar refractivity (Wildman–Crippen MR) is 79.9 cm³/mol. The zero-order valence-electron chi connectivity index (χ0n) is 12.9. The minimum atomic E-state index is -0.151. The van der Waals surface area contributed by atoms with Gasteiger partial charge in [-0.25, -0.2) is 4.79 Å². The first kappa shape index (κ1) is 15.6. The number of carbonyl (C=O) groups excluding carboxylic acids is 1. The molecule has 0 bridgehead atoms. The van der Waals surface area contributed by atoms with Crippen LogP contribution in [-0.4, -0.2) is 67.3 Å². The fraction of sp³-hybridized carbons (Fsp3) is 0.933. The fourth-order valence-electron chi connectivity index (χ4n) is 3.19. The third-order valence-corrected chi connectivity index (χ3v) is 4.53. The summed E-state index contributed by atoms with van der Waals surface area (Å²) in [6, 6.07) is 1.23. The van der Waals surface area contributed by atoms with Crippen molar-refractivity contribution in [1.82, 2.24) is 15.1 Å². The highest BCUT2D eigenvalue weighted by Gasteiger charge is 2.26. The molecule has 2 fully saturated rings. The van der Waals surface area contributed by atoms with Gasteiger partial charge < -0.3 is 19.9 Å². The number of carbonyl (C=O) groups is 1. The minimum Gasteiger partial charge on any atom is -0.450 e. The largest absolute Gasteiger partial charge is 0.450 e. The van der Waals surface area contributed by atoms with Gasteiger partial charge in [0.25, 0.3) is 0 Å². The number of piperidine rings is 2. The number of hydrogen-bond acceptors (Lipinski definition) is 4. The molecule has 0 saturated carbocycles. The van der Waals surface area contributed by atoms with Gasteiger partial charge in [0.2, 0.25) is 0 Å². The van der Waals surface area contributed by atoms with E-state index in [0.29, 0.717) is 18.7 Å².